The molecule has 0 aliphatic carbocycles. The Bertz CT molecular complexity index is 1030. The highest BCUT2D eigenvalue weighted by Gasteiger charge is 2.12. The molecule has 2 aromatic heterocycles. The standard InChI is InChI=1S/C18H13FN4O2/c1-24-17-9-14-16(10-15(17)19)20-11-21-18(14)25-13-5-2-4-12(8-13)23-7-3-6-22-23/h2-11H,1H3. The molecule has 4 aromatic rings. The molecule has 0 atom stereocenters. The molecule has 0 aliphatic rings. The molecule has 2 aromatic carbocycles. The van der Waals surface area contributed by atoms with E-state index in [9.17, 15) is 4.39 Å². The first kappa shape index (κ1) is 15.1. The number of halogens is 1. The lowest BCUT2D eigenvalue weighted by Gasteiger charge is -2.10. The summed E-state index contributed by atoms with van der Waals surface area (Å²) in [5.74, 6) is 0.523. The van der Waals surface area contributed by atoms with Gasteiger partial charge >= 0.3 is 0 Å². The van der Waals surface area contributed by atoms with Gasteiger partial charge in [-0.15, -0.1) is 0 Å². The van der Waals surface area contributed by atoms with Crippen molar-refractivity contribution in [3.05, 3.63) is 67.0 Å². The van der Waals surface area contributed by atoms with Gasteiger partial charge < -0.3 is 9.47 Å². The summed E-state index contributed by atoms with van der Waals surface area (Å²) in [5, 5.41) is 4.75. The zero-order chi connectivity index (χ0) is 17.2. The van der Waals surface area contributed by atoms with E-state index in [-0.39, 0.29) is 5.75 Å². The normalized spacial score (nSPS) is 10.8. The fourth-order valence-corrected chi connectivity index (χ4v) is 2.49. The van der Waals surface area contributed by atoms with Gasteiger partial charge in [-0.2, -0.15) is 5.10 Å². The van der Waals surface area contributed by atoms with E-state index >= 15 is 0 Å². The molecule has 7 heteroatoms. The number of hydrogen-bond donors (Lipinski definition) is 0. The zero-order valence-corrected chi connectivity index (χ0v) is 13.3. The highest BCUT2D eigenvalue weighted by atomic mass is 19.1. The maximum absolute atomic E-state index is 13.9. The Balaban J connectivity index is 1.75. The van der Waals surface area contributed by atoms with Gasteiger partial charge in [0.2, 0.25) is 5.88 Å². The molecule has 0 amide bonds. The lowest BCUT2D eigenvalue weighted by Crippen LogP contribution is -1.96. The molecule has 0 aliphatic heterocycles. The number of methoxy groups -OCH3 is 1. The molecule has 0 spiro atoms. The van der Waals surface area contributed by atoms with Crippen molar-refractivity contribution in [3.63, 3.8) is 0 Å². The van der Waals surface area contributed by atoms with Gasteiger partial charge in [0.1, 0.15) is 12.1 Å². The predicted molar refractivity (Wildman–Crippen MR) is 89.7 cm³/mol. The molecule has 0 radical (unpaired) electrons. The van der Waals surface area contributed by atoms with Gasteiger partial charge in [0.15, 0.2) is 11.6 Å². The maximum atomic E-state index is 13.9. The fraction of sp³-hybridized carbons (Fsp3) is 0.0556. The van der Waals surface area contributed by atoms with Crippen molar-refractivity contribution in [2.24, 2.45) is 0 Å². The Labute approximate surface area is 142 Å². The molecule has 25 heavy (non-hydrogen) atoms. The van der Waals surface area contributed by atoms with Gasteiger partial charge in [-0.05, 0) is 24.3 Å². The molecule has 0 bridgehead atoms. The van der Waals surface area contributed by atoms with E-state index in [2.05, 4.69) is 15.1 Å². The van der Waals surface area contributed by atoms with E-state index < -0.39 is 5.82 Å². The van der Waals surface area contributed by atoms with Crippen LogP contribution < -0.4 is 9.47 Å². The third-order valence-corrected chi connectivity index (χ3v) is 3.67. The summed E-state index contributed by atoms with van der Waals surface area (Å²) in [6.45, 7) is 0. The van der Waals surface area contributed by atoms with E-state index in [0.717, 1.165) is 5.69 Å². The topological polar surface area (TPSA) is 62.1 Å². The summed E-state index contributed by atoms with van der Waals surface area (Å²) in [4.78, 5) is 8.24. The van der Waals surface area contributed by atoms with Crippen LogP contribution in [0, 0.1) is 5.82 Å². The van der Waals surface area contributed by atoms with Crippen molar-refractivity contribution in [2.75, 3.05) is 7.11 Å². The summed E-state index contributed by atoms with van der Waals surface area (Å²) in [6.07, 6.45) is 4.88. The molecular formula is C18H13FN4O2. The third-order valence-electron chi connectivity index (χ3n) is 3.67. The van der Waals surface area contributed by atoms with Crippen molar-refractivity contribution in [3.8, 4) is 23.1 Å². The van der Waals surface area contributed by atoms with Crippen LogP contribution >= 0.6 is 0 Å². The van der Waals surface area contributed by atoms with Crippen LogP contribution in [0.4, 0.5) is 4.39 Å². The van der Waals surface area contributed by atoms with Crippen LogP contribution in [0.25, 0.3) is 16.6 Å². The zero-order valence-electron chi connectivity index (χ0n) is 13.3. The highest BCUT2D eigenvalue weighted by Crippen LogP contribution is 2.31. The van der Waals surface area contributed by atoms with E-state index in [0.29, 0.717) is 22.5 Å². The largest absolute Gasteiger partial charge is 0.494 e. The van der Waals surface area contributed by atoms with Crippen molar-refractivity contribution in [1.82, 2.24) is 19.7 Å². The molecule has 0 N–H and O–H groups in total. The Kier molecular flexibility index (Phi) is 3.74. The van der Waals surface area contributed by atoms with Crippen molar-refractivity contribution < 1.29 is 13.9 Å². The number of nitrogens with zero attached hydrogens (tertiary/aromatic N) is 4. The van der Waals surface area contributed by atoms with Crippen LogP contribution in [0.5, 0.6) is 17.4 Å². The fourth-order valence-electron chi connectivity index (χ4n) is 2.49. The summed E-state index contributed by atoms with van der Waals surface area (Å²) in [5.41, 5.74) is 1.29. The van der Waals surface area contributed by atoms with Crippen molar-refractivity contribution in [1.29, 1.82) is 0 Å². The number of aromatic nitrogens is 4. The Morgan fingerprint density at radius 3 is 2.80 bits per heavy atom. The third kappa shape index (κ3) is 2.87. The van der Waals surface area contributed by atoms with Crippen molar-refractivity contribution in [2.45, 2.75) is 0 Å². The second-order valence-corrected chi connectivity index (χ2v) is 5.23. The van der Waals surface area contributed by atoms with Gasteiger partial charge in [-0.3, -0.25) is 0 Å². The van der Waals surface area contributed by atoms with Gasteiger partial charge in [0.05, 0.1) is 23.7 Å². The molecule has 0 saturated carbocycles. The Morgan fingerprint density at radius 2 is 2.00 bits per heavy atom. The molecule has 2 heterocycles. The summed E-state index contributed by atoms with van der Waals surface area (Å²) >= 11 is 0. The van der Waals surface area contributed by atoms with Crippen LogP contribution in [-0.2, 0) is 0 Å². The average Bonchev–Trinajstić information content (AvgIpc) is 3.16. The predicted octanol–water partition coefficient (Wildman–Crippen LogP) is 3.76. The molecule has 4 rings (SSSR count). The van der Waals surface area contributed by atoms with Gasteiger partial charge in [-0.1, -0.05) is 6.07 Å². The van der Waals surface area contributed by atoms with Crippen LogP contribution in [0.2, 0.25) is 0 Å². The van der Waals surface area contributed by atoms with Crippen molar-refractivity contribution >= 4 is 10.9 Å². The molecule has 0 unspecified atom stereocenters. The molecule has 124 valence electrons. The number of fused-ring (bicyclic) bond motifs is 1. The second-order valence-electron chi connectivity index (χ2n) is 5.23. The Morgan fingerprint density at radius 1 is 1.08 bits per heavy atom. The van der Waals surface area contributed by atoms with Gasteiger partial charge in [0.25, 0.3) is 0 Å². The number of ether oxygens (including phenoxy) is 2. The van der Waals surface area contributed by atoms with Crippen LogP contribution in [0.1, 0.15) is 0 Å². The summed E-state index contributed by atoms with van der Waals surface area (Å²) in [6, 6.07) is 12.1. The van der Waals surface area contributed by atoms with E-state index in [1.165, 1.54) is 25.6 Å². The molecule has 6 nitrogen and oxygen atoms in total. The number of rotatable bonds is 4. The van der Waals surface area contributed by atoms with Gasteiger partial charge in [-0.25, -0.2) is 19.0 Å². The first-order valence-corrected chi connectivity index (χ1v) is 7.51. The van der Waals surface area contributed by atoms with Crippen LogP contribution in [0.3, 0.4) is 0 Å². The average molecular weight is 336 g/mol. The monoisotopic (exact) mass is 336 g/mol. The first-order chi connectivity index (χ1) is 12.2. The first-order valence-electron chi connectivity index (χ1n) is 7.51. The van der Waals surface area contributed by atoms with Crippen LogP contribution in [0.15, 0.2) is 61.2 Å². The lowest BCUT2D eigenvalue weighted by molar-refractivity contribution is 0.387. The number of benzene rings is 2. The second kappa shape index (κ2) is 6.20. The number of hydrogen-bond acceptors (Lipinski definition) is 5. The minimum absolute atomic E-state index is 0.109. The van der Waals surface area contributed by atoms with Crippen LogP contribution in [-0.4, -0.2) is 26.9 Å². The van der Waals surface area contributed by atoms with E-state index in [4.69, 9.17) is 9.47 Å². The summed E-state index contributed by atoms with van der Waals surface area (Å²) < 4.78 is 26.5. The van der Waals surface area contributed by atoms with E-state index in [1.807, 2.05) is 36.5 Å². The molecule has 0 saturated heterocycles. The minimum Gasteiger partial charge on any atom is -0.494 e. The van der Waals surface area contributed by atoms with E-state index in [1.54, 1.807) is 10.9 Å². The highest BCUT2D eigenvalue weighted by molar-refractivity contribution is 5.85. The Hall–Kier alpha value is -3.48. The quantitative estimate of drug-likeness (QED) is 0.568. The lowest BCUT2D eigenvalue weighted by atomic mass is 10.2. The molecular weight excluding hydrogens is 323 g/mol. The molecule has 0 fully saturated rings. The maximum Gasteiger partial charge on any atom is 0.230 e. The van der Waals surface area contributed by atoms with Gasteiger partial charge in [0, 0.05) is 24.5 Å². The summed E-state index contributed by atoms with van der Waals surface area (Å²) in [7, 11) is 1.40. The minimum atomic E-state index is -0.486. The SMILES string of the molecule is COc1cc2c(Oc3cccc(-n4cccn4)c3)ncnc2cc1F. The smallest absolute Gasteiger partial charge is 0.230 e.